The maximum absolute atomic E-state index is 12.3. The molecule has 21 heavy (non-hydrogen) atoms. The van der Waals surface area contributed by atoms with Gasteiger partial charge in [-0.2, -0.15) is 0 Å². The highest BCUT2D eigenvalue weighted by molar-refractivity contribution is 5.81. The number of benzene rings is 2. The van der Waals surface area contributed by atoms with Gasteiger partial charge in [-0.3, -0.25) is 4.79 Å². The van der Waals surface area contributed by atoms with E-state index in [1.165, 1.54) is 16.7 Å². The number of fused-ring (bicyclic) bond motifs is 1. The van der Waals surface area contributed by atoms with Gasteiger partial charge in [0, 0.05) is 18.8 Å². The lowest BCUT2D eigenvalue weighted by atomic mass is 10.00. The fraction of sp³-hybridized carbons (Fsp3) is 0.278. The van der Waals surface area contributed by atoms with Gasteiger partial charge >= 0.3 is 0 Å². The number of rotatable bonds is 3. The second-order valence-corrected chi connectivity index (χ2v) is 5.55. The Bertz CT molecular complexity index is 634. The van der Waals surface area contributed by atoms with E-state index >= 15 is 0 Å². The van der Waals surface area contributed by atoms with Crippen molar-refractivity contribution in [2.45, 2.75) is 19.9 Å². The zero-order chi connectivity index (χ0) is 14.7. The van der Waals surface area contributed by atoms with Gasteiger partial charge in [0.15, 0.2) is 0 Å². The van der Waals surface area contributed by atoms with Crippen LogP contribution in [0.5, 0.6) is 0 Å². The predicted octanol–water partition coefficient (Wildman–Crippen LogP) is 2.99. The third-order valence-corrected chi connectivity index (χ3v) is 3.98. The van der Waals surface area contributed by atoms with Crippen molar-refractivity contribution in [3.05, 3.63) is 65.2 Å². The van der Waals surface area contributed by atoms with Gasteiger partial charge in [-0.1, -0.05) is 42.0 Å². The molecule has 2 aromatic rings. The van der Waals surface area contributed by atoms with Gasteiger partial charge in [0.2, 0.25) is 5.91 Å². The highest BCUT2D eigenvalue weighted by Gasteiger charge is 2.19. The zero-order valence-electron chi connectivity index (χ0n) is 12.3. The fourth-order valence-corrected chi connectivity index (χ4v) is 2.67. The Morgan fingerprint density at radius 2 is 1.81 bits per heavy atom. The lowest BCUT2D eigenvalue weighted by Crippen LogP contribution is -2.39. The lowest BCUT2D eigenvalue weighted by molar-refractivity contribution is -0.130. The van der Waals surface area contributed by atoms with E-state index in [1.807, 2.05) is 35.2 Å². The summed E-state index contributed by atoms with van der Waals surface area (Å²) in [7, 11) is 0. The summed E-state index contributed by atoms with van der Waals surface area (Å²) in [6, 6.07) is 16.5. The van der Waals surface area contributed by atoms with Crippen LogP contribution in [-0.2, 0) is 17.8 Å². The molecule has 3 heteroatoms. The molecule has 0 unspecified atom stereocenters. The summed E-state index contributed by atoms with van der Waals surface area (Å²) >= 11 is 0. The Morgan fingerprint density at radius 1 is 1.10 bits per heavy atom. The molecule has 0 bridgehead atoms. The molecule has 0 saturated heterocycles. The van der Waals surface area contributed by atoms with Crippen LogP contribution in [0.1, 0.15) is 16.7 Å². The van der Waals surface area contributed by atoms with Gasteiger partial charge in [0.25, 0.3) is 0 Å². The Balaban J connectivity index is 1.58. The first kappa shape index (κ1) is 13.7. The van der Waals surface area contributed by atoms with Crippen molar-refractivity contribution >= 4 is 11.6 Å². The molecule has 1 aliphatic heterocycles. The molecule has 0 fully saturated rings. The van der Waals surface area contributed by atoms with E-state index in [2.05, 4.69) is 30.4 Å². The van der Waals surface area contributed by atoms with Crippen molar-refractivity contribution in [1.82, 2.24) is 4.90 Å². The van der Waals surface area contributed by atoms with Crippen LogP contribution in [0.2, 0.25) is 0 Å². The quantitative estimate of drug-likeness (QED) is 0.937. The monoisotopic (exact) mass is 280 g/mol. The molecule has 0 spiro atoms. The van der Waals surface area contributed by atoms with Crippen LogP contribution in [0, 0.1) is 6.92 Å². The molecule has 1 heterocycles. The van der Waals surface area contributed by atoms with E-state index in [9.17, 15) is 4.79 Å². The summed E-state index contributed by atoms with van der Waals surface area (Å²) in [5, 5.41) is 3.20. The van der Waals surface area contributed by atoms with Crippen molar-refractivity contribution in [3.8, 4) is 0 Å². The van der Waals surface area contributed by atoms with E-state index in [4.69, 9.17) is 0 Å². The molecule has 2 aromatic carbocycles. The van der Waals surface area contributed by atoms with Gasteiger partial charge in [-0.05, 0) is 36.6 Å². The maximum Gasteiger partial charge on any atom is 0.242 e. The van der Waals surface area contributed by atoms with Crippen LogP contribution < -0.4 is 5.32 Å². The van der Waals surface area contributed by atoms with Crippen LogP contribution >= 0.6 is 0 Å². The van der Waals surface area contributed by atoms with Gasteiger partial charge in [0.05, 0.1) is 6.54 Å². The molecule has 3 nitrogen and oxygen atoms in total. The van der Waals surface area contributed by atoms with Gasteiger partial charge in [0.1, 0.15) is 0 Å². The van der Waals surface area contributed by atoms with Crippen LogP contribution in [0.15, 0.2) is 48.5 Å². The summed E-state index contributed by atoms with van der Waals surface area (Å²) in [5.41, 5.74) is 4.85. The van der Waals surface area contributed by atoms with Crippen LogP contribution in [0.25, 0.3) is 0 Å². The second kappa shape index (κ2) is 6.00. The Morgan fingerprint density at radius 3 is 2.57 bits per heavy atom. The summed E-state index contributed by atoms with van der Waals surface area (Å²) in [5.74, 6) is 0.157. The van der Waals surface area contributed by atoms with Crippen molar-refractivity contribution in [1.29, 1.82) is 0 Å². The summed E-state index contributed by atoms with van der Waals surface area (Å²) in [6.07, 6.45) is 0.951. The first-order valence-corrected chi connectivity index (χ1v) is 7.37. The van der Waals surface area contributed by atoms with Crippen LogP contribution in [0.3, 0.4) is 0 Å². The average Bonchev–Trinajstić information content (AvgIpc) is 2.53. The summed E-state index contributed by atoms with van der Waals surface area (Å²) < 4.78 is 0. The standard InChI is InChI=1S/C18H20N2O/c1-14-6-8-17(9-7-14)19-12-18(21)20-11-10-15-4-2-3-5-16(15)13-20/h2-9,19H,10-13H2,1H3. The van der Waals surface area contributed by atoms with E-state index in [1.54, 1.807) is 0 Å². The van der Waals surface area contributed by atoms with Crippen molar-refractivity contribution in [3.63, 3.8) is 0 Å². The Kier molecular flexibility index (Phi) is 3.91. The molecule has 0 aliphatic carbocycles. The first-order chi connectivity index (χ1) is 10.2. The number of anilines is 1. The number of carbonyl (C=O) groups excluding carboxylic acids is 1. The molecule has 0 saturated carbocycles. The molecular weight excluding hydrogens is 260 g/mol. The number of nitrogens with zero attached hydrogens (tertiary/aromatic N) is 1. The van der Waals surface area contributed by atoms with Gasteiger partial charge in [-0.15, -0.1) is 0 Å². The first-order valence-electron chi connectivity index (χ1n) is 7.37. The number of hydrogen-bond donors (Lipinski definition) is 1. The number of amides is 1. The minimum absolute atomic E-state index is 0.157. The van der Waals surface area contributed by atoms with Crippen molar-refractivity contribution in [2.24, 2.45) is 0 Å². The van der Waals surface area contributed by atoms with E-state index in [-0.39, 0.29) is 5.91 Å². The average molecular weight is 280 g/mol. The largest absolute Gasteiger partial charge is 0.376 e. The summed E-state index contributed by atoms with van der Waals surface area (Å²) in [4.78, 5) is 14.2. The zero-order valence-corrected chi connectivity index (χ0v) is 12.3. The second-order valence-electron chi connectivity index (χ2n) is 5.55. The number of carbonyl (C=O) groups is 1. The molecule has 1 aliphatic rings. The van der Waals surface area contributed by atoms with E-state index in [0.29, 0.717) is 6.54 Å². The van der Waals surface area contributed by atoms with Crippen LogP contribution in [0.4, 0.5) is 5.69 Å². The minimum atomic E-state index is 0.157. The molecule has 1 amide bonds. The maximum atomic E-state index is 12.3. The number of hydrogen-bond acceptors (Lipinski definition) is 2. The molecule has 0 aromatic heterocycles. The summed E-state index contributed by atoms with van der Waals surface area (Å²) in [6.45, 7) is 3.95. The third-order valence-electron chi connectivity index (χ3n) is 3.98. The lowest BCUT2D eigenvalue weighted by Gasteiger charge is -2.29. The molecule has 0 radical (unpaired) electrons. The molecule has 108 valence electrons. The molecule has 1 N–H and O–H groups in total. The topological polar surface area (TPSA) is 32.3 Å². The number of aryl methyl sites for hydroxylation is 1. The smallest absolute Gasteiger partial charge is 0.242 e. The minimum Gasteiger partial charge on any atom is -0.376 e. The SMILES string of the molecule is Cc1ccc(NCC(=O)N2CCc3ccccc3C2)cc1. The fourth-order valence-electron chi connectivity index (χ4n) is 2.67. The molecule has 3 rings (SSSR count). The molecular formula is C18H20N2O. The third kappa shape index (κ3) is 3.24. The predicted molar refractivity (Wildman–Crippen MR) is 85.2 cm³/mol. The van der Waals surface area contributed by atoms with Crippen molar-refractivity contribution in [2.75, 3.05) is 18.4 Å². The van der Waals surface area contributed by atoms with Crippen molar-refractivity contribution < 1.29 is 4.79 Å². The normalized spacial score (nSPS) is 13.7. The highest BCUT2D eigenvalue weighted by atomic mass is 16.2. The van der Waals surface area contributed by atoms with Crippen LogP contribution in [-0.4, -0.2) is 23.9 Å². The van der Waals surface area contributed by atoms with Gasteiger partial charge < -0.3 is 10.2 Å². The van der Waals surface area contributed by atoms with E-state index in [0.717, 1.165) is 25.2 Å². The Hall–Kier alpha value is -2.29. The highest BCUT2D eigenvalue weighted by Crippen LogP contribution is 2.18. The number of nitrogens with one attached hydrogen (secondary N) is 1. The van der Waals surface area contributed by atoms with E-state index < -0.39 is 0 Å². The Labute approximate surface area is 125 Å². The molecule has 0 atom stereocenters. The van der Waals surface area contributed by atoms with Gasteiger partial charge in [-0.25, -0.2) is 0 Å².